The largest absolute Gasteiger partial charge is 0.344 e. The molecule has 1 N–H and O–H groups in total. The van der Waals surface area contributed by atoms with Gasteiger partial charge in [-0.3, -0.25) is 4.79 Å². The molecule has 180 valence electrons. The number of carbonyl (C=O) groups is 1. The fraction of sp³-hybridized carbons (Fsp3) is 0.963. The minimum atomic E-state index is 0.860. The van der Waals surface area contributed by atoms with Crippen molar-refractivity contribution in [3.8, 4) is 0 Å². The molecule has 0 aliphatic carbocycles. The van der Waals surface area contributed by atoms with Crippen molar-refractivity contribution in [2.75, 3.05) is 26.2 Å². The average molecular weight is 425 g/mol. The second kappa shape index (κ2) is 26.5. The average Bonchev–Trinajstić information content (AvgIpc) is 2.76. The van der Waals surface area contributed by atoms with Crippen LogP contribution in [0.4, 0.5) is 0 Å². The van der Waals surface area contributed by atoms with E-state index in [1.807, 2.05) is 4.90 Å². The molecule has 0 rings (SSSR count). The van der Waals surface area contributed by atoms with Gasteiger partial charge >= 0.3 is 0 Å². The summed E-state index contributed by atoms with van der Waals surface area (Å²) >= 11 is 0. The van der Waals surface area contributed by atoms with Crippen molar-refractivity contribution >= 4 is 6.41 Å². The highest BCUT2D eigenvalue weighted by molar-refractivity contribution is 5.46. The smallest absolute Gasteiger partial charge is 0.209 e. The minimum Gasteiger partial charge on any atom is -0.344 e. The van der Waals surface area contributed by atoms with Crippen LogP contribution in [0.1, 0.15) is 142 Å². The lowest BCUT2D eigenvalue weighted by Gasteiger charge is -2.17. The van der Waals surface area contributed by atoms with Crippen molar-refractivity contribution in [1.29, 1.82) is 0 Å². The molecule has 0 fully saturated rings. The molecule has 0 heterocycles. The van der Waals surface area contributed by atoms with Crippen molar-refractivity contribution in [2.45, 2.75) is 142 Å². The third-order valence-corrected chi connectivity index (χ3v) is 6.23. The Balaban J connectivity index is 3.27. The maximum absolute atomic E-state index is 11.2. The molecule has 0 aliphatic heterocycles. The third kappa shape index (κ3) is 23.7. The highest BCUT2D eigenvalue weighted by Gasteiger charge is 2.01. The van der Waals surface area contributed by atoms with E-state index in [4.69, 9.17) is 0 Å². The molecule has 0 aliphatic rings. The van der Waals surface area contributed by atoms with Gasteiger partial charge in [-0.2, -0.15) is 0 Å². The summed E-state index contributed by atoms with van der Waals surface area (Å²) in [5.41, 5.74) is 0. The molecule has 0 aromatic heterocycles. The first kappa shape index (κ1) is 29.4. The van der Waals surface area contributed by atoms with E-state index in [-0.39, 0.29) is 0 Å². The number of unbranched alkanes of at least 4 members (excludes halogenated alkanes) is 18. The van der Waals surface area contributed by atoms with Crippen LogP contribution in [0.15, 0.2) is 0 Å². The minimum absolute atomic E-state index is 0.860. The molecular weight excluding hydrogens is 368 g/mol. The molecule has 0 saturated heterocycles. The van der Waals surface area contributed by atoms with Crippen LogP contribution in [0.5, 0.6) is 0 Å². The molecule has 3 nitrogen and oxygen atoms in total. The fourth-order valence-electron chi connectivity index (χ4n) is 4.10. The van der Waals surface area contributed by atoms with Crippen LogP contribution in [0.2, 0.25) is 0 Å². The molecule has 30 heavy (non-hydrogen) atoms. The SMILES string of the molecule is CCCCCCCCCCCCNCCN(C=O)CCCCCCCCCCCC. The van der Waals surface area contributed by atoms with Crippen LogP contribution in [0, 0.1) is 0 Å². The van der Waals surface area contributed by atoms with Crippen LogP contribution in [0.25, 0.3) is 0 Å². The topological polar surface area (TPSA) is 32.3 Å². The van der Waals surface area contributed by atoms with Crippen molar-refractivity contribution in [3.05, 3.63) is 0 Å². The highest BCUT2D eigenvalue weighted by Crippen LogP contribution is 2.11. The number of rotatable bonds is 26. The Hall–Kier alpha value is -0.570. The van der Waals surface area contributed by atoms with Gasteiger partial charge < -0.3 is 10.2 Å². The van der Waals surface area contributed by atoms with Gasteiger partial charge in [0.05, 0.1) is 0 Å². The summed E-state index contributed by atoms with van der Waals surface area (Å²) in [4.78, 5) is 13.2. The molecule has 0 saturated carbocycles. The Bertz CT molecular complexity index is 322. The molecule has 1 amide bonds. The fourth-order valence-corrected chi connectivity index (χ4v) is 4.10. The van der Waals surface area contributed by atoms with Crippen LogP contribution >= 0.6 is 0 Å². The van der Waals surface area contributed by atoms with Crippen molar-refractivity contribution < 1.29 is 4.79 Å². The Morgan fingerprint density at radius 3 is 1.33 bits per heavy atom. The van der Waals surface area contributed by atoms with E-state index >= 15 is 0 Å². The molecular formula is C27H56N2O. The predicted molar refractivity (Wildman–Crippen MR) is 134 cm³/mol. The highest BCUT2D eigenvalue weighted by atomic mass is 16.1. The van der Waals surface area contributed by atoms with Gasteiger partial charge in [0.15, 0.2) is 0 Å². The van der Waals surface area contributed by atoms with Crippen molar-refractivity contribution in [1.82, 2.24) is 10.2 Å². The lowest BCUT2D eigenvalue weighted by atomic mass is 10.1. The molecule has 0 radical (unpaired) electrons. The van der Waals surface area contributed by atoms with E-state index in [0.717, 1.165) is 39.0 Å². The number of hydrogen-bond acceptors (Lipinski definition) is 2. The van der Waals surface area contributed by atoms with Gasteiger partial charge in [0.2, 0.25) is 6.41 Å². The lowest BCUT2D eigenvalue weighted by molar-refractivity contribution is -0.118. The number of carbonyl (C=O) groups excluding carboxylic acids is 1. The van der Waals surface area contributed by atoms with Crippen LogP contribution in [0.3, 0.4) is 0 Å². The Labute approximate surface area is 190 Å². The second-order valence-corrected chi connectivity index (χ2v) is 9.26. The van der Waals surface area contributed by atoms with Gasteiger partial charge in [-0.05, 0) is 19.4 Å². The van der Waals surface area contributed by atoms with E-state index in [1.54, 1.807) is 0 Å². The standard InChI is InChI=1S/C27H56N2O/c1-3-5-7-9-11-13-15-17-19-21-23-28-24-26-29(27-30)25-22-20-18-16-14-12-10-8-6-4-2/h27-28H,3-26H2,1-2H3. The Morgan fingerprint density at radius 1 is 0.500 bits per heavy atom. The molecule has 0 unspecified atom stereocenters. The lowest BCUT2D eigenvalue weighted by Crippen LogP contribution is -2.32. The quantitative estimate of drug-likeness (QED) is 0.113. The Kier molecular flexibility index (Phi) is 26.0. The summed E-state index contributed by atoms with van der Waals surface area (Å²) in [6, 6.07) is 0. The normalized spacial score (nSPS) is 11.1. The first-order chi connectivity index (χ1) is 14.8. The molecule has 0 spiro atoms. The van der Waals surface area contributed by atoms with Crippen molar-refractivity contribution in [3.63, 3.8) is 0 Å². The van der Waals surface area contributed by atoms with Crippen LogP contribution in [-0.2, 0) is 4.79 Å². The van der Waals surface area contributed by atoms with Crippen LogP contribution in [-0.4, -0.2) is 37.5 Å². The summed E-state index contributed by atoms with van der Waals surface area (Å²) in [6.07, 6.45) is 28.4. The molecule has 0 bridgehead atoms. The van der Waals surface area contributed by atoms with Crippen molar-refractivity contribution in [2.24, 2.45) is 0 Å². The van der Waals surface area contributed by atoms with E-state index in [9.17, 15) is 4.79 Å². The van der Waals surface area contributed by atoms with Crippen LogP contribution < -0.4 is 5.32 Å². The molecule has 0 atom stereocenters. The van der Waals surface area contributed by atoms with E-state index < -0.39 is 0 Å². The maximum atomic E-state index is 11.2. The van der Waals surface area contributed by atoms with Gasteiger partial charge in [-0.15, -0.1) is 0 Å². The second-order valence-electron chi connectivity index (χ2n) is 9.26. The zero-order valence-electron chi connectivity index (χ0n) is 20.9. The molecule has 0 aromatic carbocycles. The van der Waals surface area contributed by atoms with E-state index in [1.165, 1.54) is 122 Å². The van der Waals surface area contributed by atoms with Gasteiger partial charge in [0, 0.05) is 19.6 Å². The monoisotopic (exact) mass is 424 g/mol. The zero-order chi connectivity index (χ0) is 22.0. The van der Waals surface area contributed by atoms with E-state index in [2.05, 4.69) is 19.2 Å². The summed E-state index contributed by atoms with van der Waals surface area (Å²) in [5, 5.41) is 3.51. The summed E-state index contributed by atoms with van der Waals surface area (Å²) in [6.45, 7) is 8.38. The number of hydrogen-bond donors (Lipinski definition) is 1. The summed E-state index contributed by atoms with van der Waals surface area (Å²) < 4.78 is 0. The number of nitrogens with one attached hydrogen (secondary N) is 1. The third-order valence-electron chi connectivity index (χ3n) is 6.23. The predicted octanol–water partition coefficient (Wildman–Crippen LogP) is 7.88. The number of amides is 1. The maximum Gasteiger partial charge on any atom is 0.209 e. The van der Waals surface area contributed by atoms with Gasteiger partial charge in [-0.25, -0.2) is 0 Å². The zero-order valence-corrected chi connectivity index (χ0v) is 20.9. The first-order valence-corrected chi connectivity index (χ1v) is 13.7. The summed E-state index contributed by atoms with van der Waals surface area (Å²) in [5.74, 6) is 0. The number of nitrogens with zero attached hydrogens (tertiary/aromatic N) is 1. The van der Waals surface area contributed by atoms with Gasteiger partial charge in [0.1, 0.15) is 0 Å². The van der Waals surface area contributed by atoms with E-state index in [0.29, 0.717) is 0 Å². The first-order valence-electron chi connectivity index (χ1n) is 13.7. The molecule has 3 heteroatoms. The Morgan fingerprint density at radius 2 is 0.900 bits per heavy atom. The summed E-state index contributed by atoms with van der Waals surface area (Å²) in [7, 11) is 0. The van der Waals surface area contributed by atoms with Gasteiger partial charge in [-0.1, -0.05) is 129 Å². The molecule has 0 aromatic rings. The van der Waals surface area contributed by atoms with Gasteiger partial charge in [0.25, 0.3) is 0 Å².